The molecule has 12 heteroatoms. The maximum Gasteiger partial charge on any atom is 0.420 e. The number of pyridine rings is 1. The molecule has 2 aromatic heterocycles. The highest BCUT2D eigenvalue weighted by molar-refractivity contribution is 7.91. The average molecular weight is 469 g/mol. The zero-order valence-corrected chi connectivity index (χ0v) is 18.0. The van der Waals surface area contributed by atoms with Gasteiger partial charge in [0, 0.05) is 31.0 Å². The standard InChI is InChI=1S/C20H22F3N5O3S/c1-32(24,31)14-8-13(5-7-28(14)30)25-18(29)17-15(20(21,22)23)16(11-2-3-11)26-27(17)10-19-6-4-12(19)9-19/h5,7-8,11-12,24,30H,2-4,6,9-10H2,1H3. The Morgan fingerprint density at radius 3 is 2.62 bits per heavy atom. The lowest BCUT2D eigenvalue weighted by Crippen LogP contribution is -2.25. The largest absolute Gasteiger partial charge is 0.428 e. The number of fused-ring (bicyclic) bond motifs is 1. The molecule has 2 N–H and O–H groups in total. The van der Waals surface area contributed by atoms with Crippen LogP contribution in [0.2, 0.25) is 0 Å². The summed E-state index contributed by atoms with van der Waals surface area (Å²) in [5.41, 5.74) is -1.74. The first-order valence-electron chi connectivity index (χ1n) is 10.3. The van der Waals surface area contributed by atoms with Crippen molar-refractivity contribution in [3.63, 3.8) is 0 Å². The summed E-state index contributed by atoms with van der Waals surface area (Å²) in [7, 11) is -3.37. The van der Waals surface area contributed by atoms with Crippen molar-refractivity contribution in [2.24, 2.45) is 16.3 Å². The highest BCUT2D eigenvalue weighted by atomic mass is 32.2. The number of hydrogen-bond donors (Lipinski definition) is 2. The van der Waals surface area contributed by atoms with Crippen molar-refractivity contribution in [2.75, 3.05) is 6.26 Å². The second kappa shape index (κ2) is 6.69. The van der Waals surface area contributed by atoms with E-state index in [9.17, 15) is 27.4 Å². The van der Waals surface area contributed by atoms with Crippen molar-refractivity contribution < 1.29 is 27.4 Å². The number of halogens is 3. The van der Waals surface area contributed by atoms with Crippen LogP contribution >= 0.6 is 0 Å². The predicted molar refractivity (Wildman–Crippen MR) is 106 cm³/mol. The smallest absolute Gasteiger partial charge is 0.420 e. The van der Waals surface area contributed by atoms with E-state index in [0.717, 1.165) is 37.8 Å². The number of nitrogens with one attached hydrogen (secondary N) is 1. The van der Waals surface area contributed by atoms with E-state index in [1.807, 2.05) is 0 Å². The van der Waals surface area contributed by atoms with Gasteiger partial charge in [-0.1, -0.05) is 0 Å². The molecule has 8 nitrogen and oxygen atoms in total. The van der Waals surface area contributed by atoms with Crippen molar-refractivity contribution in [3.05, 3.63) is 40.6 Å². The molecule has 172 valence electrons. The zero-order chi connectivity index (χ0) is 23.1. The Morgan fingerprint density at radius 2 is 2.12 bits per heavy atom. The summed E-state index contributed by atoms with van der Waals surface area (Å²) in [5, 5.41) is 13.6. The van der Waals surface area contributed by atoms with E-state index in [4.69, 9.17) is 4.78 Å². The van der Waals surface area contributed by atoms with Gasteiger partial charge in [-0.2, -0.15) is 23.0 Å². The molecule has 3 atom stereocenters. The van der Waals surface area contributed by atoms with Crippen LogP contribution in [0.15, 0.2) is 28.3 Å². The summed E-state index contributed by atoms with van der Waals surface area (Å²) in [5.74, 6) is -0.923. The fraction of sp³-hybridized carbons (Fsp3) is 0.550. The van der Waals surface area contributed by atoms with Gasteiger partial charge in [0.25, 0.3) is 5.91 Å². The van der Waals surface area contributed by atoms with Gasteiger partial charge in [-0.15, -0.1) is 0 Å². The second-order valence-electron chi connectivity index (χ2n) is 9.17. The molecule has 3 aliphatic rings. The Morgan fingerprint density at radius 1 is 1.41 bits per heavy atom. The molecule has 5 rings (SSSR count). The van der Waals surface area contributed by atoms with Crippen molar-refractivity contribution in [1.82, 2.24) is 14.5 Å². The summed E-state index contributed by atoms with van der Waals surface area (Å²) >= 11 is 0. The number of aromatic nitrogens is 3. The van der Waals surface area contributed by atoms with Gasteiger partial charge in [-0.25, -0.2) is 14.0 Å². The lowest BCUT2D eigenvalue weighted by Gasteiger charge is -2.25. The molecule has 3 aliphatic carbocycles. The van der Waals surface area contributed by atoms with Gasteiger partial charge in [0.15, 0.2) is 5.03 Å². The third-order valence-electron chi connectivity index (χ3n) is 6.76. The van der Waals surface area contributed by atoms with Crippen LogP contribution in [0.25, 0.3) is 0 Å². The van der Waals surface area contributed by atoms with Crippen LogP contribution < -0.4 is 5.36 Å². The van der Waals surface area contributed by atoms with Crippen molar-refractivity contribution >= 4 is 15.6 Å². The number of rotatable bonds is 5. The number of amides is 1. The molecule has 1 amide bonds. The van der Waals surface area contributed by atoms with Crippen LogP contribution in [-0.2, 0) is 22.5 Å². The lowest BCUT2D eigenvalue weighted by atomic mass is 9.85. The minimum atomic E-state index is -4.76. The number of nitrogens with zero attached hydrogens (tertiary/aromatic N) is 4. The van der Waals surface area contributed by atoms with E-state index in [2.05, 4.69) is 10.1 Å². The van der Waals surface area contributed by atoms with Gasteiger partial charge >= 0.3 is 6.18 Å². The van der Waals surface area contributed by atoms with Crippen LogP contribution in [0.4, 0.5) is 13.2 Å². The molecule has 0 saturated heterocycles. The van der Waals surface area contributed by atoms with Crippen molar-refractivity contribution in [1.29, 1.82) is 4.78 Å². The molecule has 3 fully saturated rings. The summed E-state index contributed by atoms with van der Waals surface area (Å²) in [6.07, 6.45) is 1.46. The molecular formula is C20H22F3N5O3S. The Labute approximate surface area is 181 Å². The highest BCUT2D eigenvalue weighted by Crippen LogP contribution is 2.68. The summed E-state index contributed by atoms with van der Waals surface area (Å²) < 4.78 is 63.6. The third kappa shape index (κ3) is 3.54. The molecule has 3 unspecified atom stereocenters. The van der Waals surface area contributed by atoms with Crippen LogP contribution in [0.1, 0.15) is 59.8 Å². The molecule has 0 spiro atoms. The highest BCUT2D eigenvalue weighted by Gasteiger charge is 2.61. The molecule has 3 saturated carbocycles. The molecule has 2 aromatic rings. The molecule has 32 heavy (non-hydrogen) atoms. The van der Waals surface area contributed by atoms with Crippen LogP contribution in [0, 0.1) is 16.1 Å². The van der Waals surface area contributed by atoms with E-state index in [1.54, 1.807) is 0 Å². The Hall–Kier alpha value is -2.63. The van der Waals surface area contributed by atoms with E-state index in [0.29, 0.717) is 23.5 Å². The Balaban J connectivity index is 1.63. The average Bonchev–Trinajstić information content (AvgIpc) is 3.54. The van der Waals surface area contributed by atoms with E-state index >= 15 is 0 Å². The van der Waals surface area contributed by atoms with Crippen molar-refractivity contribution in [2.45, 2.75) is 55.8 Å². The summed E-state index contributed by atoms with van der Waals surface area (Å²) in [6.45, 7) is 0.260. The van der Waals surface area contributed by atoms with Gasteiger partial charge < -0.3 is 5.21 Å². The van der Waals surface area contributed by atoms with E-state index in [1.165, 1.54) is 10.7 Å². The van der Waals surface area contributed by atoms with Crippen LogP contribution in [0.5, 0.6) is 0 Å². The first-order valence-corrected chi connectivity index (χ1v) is 12.3. The van der Waals surface area contributed by atoms with E-state index < -0.39 is 33.1 Å². The maximum absolute atomic E-state index is 14.1. The number of hydrogen-bond acceptors (Lipinski definition) is 5. The zero-order valence-electron chi connectivity index (χ0n) is 17.2. The van der Waals surface area contributed by atoms with Gasteiger partial charge in [-0.05, 0) is 49.5 Å². The third-order valence-corrected chi connectivity index (χ3v) is 7.86. The molecular weight excluding hydrogens is 447 g/mol. The van der Waals surface area contributed by atoms with Gasteiger partial charge in [0.1, 0.15) is 11.3 Å². The van der Waals surface area contributed by atoms with Crippen molar-refractivity contribution in [3.8, 4) is 0 Å². The minimum absolute atomic E-state index is 0.0635. The summed E-state index contributed by atoms with van der Waals surface area (Å²) in [4.78, 5) is 16.9. The fourth-order valence-electron chi connectivity index (χ4n) is 4.69. The van der Waals surface area contributed by atoms with Gasteiger partial charge in [0.05, 0.1) is 20.8 Å². The Bertz CT molecular complexity index is 1300. The van der Waals surface area contributed by atoms with Gasteiger partial charge in [0.2, 0.25) is 0 Å². The normalized spacial score (nSPS) is 26.9. The number of alkyl halides is 3. The second-order valence-corrected chi connectivity index (χ2v) is 11.3. The first kappa shape index (κ1) is 21.2. The molecule has 0 bridgehead atoms. The molecule has 2 heterocycles. The molecule has 0 aromatic carbocycles. The van der Waals surface area contributed by atoms with Crippen LogP contribution in [-0.4, -0.2) is 36.1 Å². The predicted octanol–water partition coefficient (Wildman–Crippen LogP) is 3.39. The summed E-state index contributed by atoms with van der Waals surface area (Å²) in [6, 6.07) is 2.26. The van der Waals surface area contributed by atoms with Crippen LogP contribution in [0.3, 0.4) is 0 Å². The lowest BCUT2D eigenvalue weighted by molar-refractivity contribution is -0.138. The first-order chi connectivity index (χ1) is 14.9. The minimum Gasteiger partial charge on any atom is -0.428 e. The van der Waals surface area contributed by atoms with Gasteiger partial charge in [-0.3, -0.25) is 9.48 Å². The molecule has 0 radical (unpaired) electrons. The fourth-order valence-corrected chi connectivity index (χ4v) is 5.45. The maximum atomic E-state index is 14.1. The SMILES string of the molecule is CS(=N)(=O)c1cc(=NC(=O)c2c(C(F)(F)F)c(C3CC3)nn2CC23CCC2C3)ccn1O. The number of carbonyl (C=O) groups is 1. The monoisotopic (exact) mass is 469 g/mol. The molecule has 0 aliphatic heterocycles. The quantitative estimate of drug-likeness (QED) is 0.654. The number of carbonyl (C=O) groups excluding carboxylic acids is 1. The topological polar surface area (TPSA) is 113 Å². The Kier molecular flexibility index (Phi) is 4.44. The van der Waals surface area contributed by atoms with E-state index in [-0.39, 0.29) is 34.0 Å².